The highest BCUT2D eigenvalue weighted by Crippen LogP contribution is 2.36. The molecule has 0 aliphatic carbocycles. The van der Waals surface area contributed by atoms with Crippen LogP contribution in [0.3, 0.4) is 0 Å². The van der Waals surface area contributed by atoms with Crippen molar-refractivity contribution in [1.29, 1.82) is 0 Å². The van der Waals surface area contributed by atoms with Crippen LogP contribution in [-0.4, -0.2) is 17.5 Å². The molecule has 3 aromatic carbocycles. The molecule has 0 saturated heterocycles. The average Bonchev–Trinajstić information content (AvgIpc) is 2.54. The lowest BCUT2D eigenvalue weighted by atomic mass is 9.87. The van der Waals surface area contributed by atoms with E-state index in [1.165, 1.54) is 34.5 Å². The predicted molar refractivity (Wildman–Crippen MR) is 90.7 cm³/mol. The highest BCUT2D eigenvalue weighted by atomic mass is 15.1. The van der Waals surface area contributed by atoms with Crippen molar-refractivity contribution in [3.8, 4) is 0 Å². The van der Waals surface area contributed by atoms with Crippen LogP contribution in [0.4, 0.5) is 0 Å². The van der Waals surface area contributed by atoms with Crippen molar-refractivity contribution in [1.82, 2.24) is 4.90 Å². The number of benzene rings is 3. The third kappa shape index (κ3) is 1.96. The first-order valence-corrected chi connectivity index (χ1v) is 7.91. The fourth-order valence-corrected chi connectivity index (χ4v) is 3.73. The van der Waals surface area contributed by atoms with Crippen LogP contribution in [0.1, 0.15) is 25.0 Å². The molecule has 106 valence electrons. The first kappa shape index (κ1) is 12.8. The molecule has 0 radical (unpaired) electrons. The summed E-state index contributed by atoms with van der Waals surface area (Å²) in [5.41, 5.74) is 3.12. The van der Waals surface area contributed by atoms with E-state index in [0.717, 1.165) is 6.54 Å². The molecule has 0 fully saturated rings. The number of rotatable bonds is 1. The van der Waals surface area contributed by atoms with Gasteiger partial charge in [0.25, 0.3) is 0 Å². The van der Waals surface area contributed by atoms with E-state index in [-0.39, 0.29) is 0 Å². The molecule has 0 spiro atoms. The van der Waals surface area contributed by atoms with Crippen LogP contribution in [0.5, 0.6) is 0 Å². The third-order valence-electron chi connectivity index (χ3n) is 4.90. The second-order valence-corrected chi connectivity index (χ2v) is 6.36. The zero-order chi connectivity index (χ0) is 14.4. The summed E-state index contributed by atoms with van der Waals surface area (Å²) in [5.74, 6) is 0. The fourth-order valence-electron chi connectivity index (χ4n) is 3.73. The molecule has 4 rings (SSSR count). The van der Waals surface area contributed by atoms with Crippen molar-refractivity contribution in [3.63, 3.8) is 0 Å². The molecule has 3 aromatic rings. The van der Waals surface area contributed by atoms with Gasteiger partial charge in [0.2, 0.25) is 0 Å². The van der Waals surface area contributed by atoms with E-state index in [9.17, 15) is 0 Å². The van der Waals surface area contributed by atoms with Gasteiger partial charge in [-0.05, 0) is 52.9 Å². The number of nitrogens with zero attached hydrogens (tertiary/aromatic N) is 1. The lowest BCUT2D eigenvalue weighted by molar-refractivity contribution is 0.205. The van der Waals surface area contributed by atoms with Crippen LogP contribution in [0.2, 0.25) is 0 Å². The van der Waals surface area contributed by atoms with Gasteiger partial charge in [-0.3, -0.25) is 4.90 Å². The van der Waals surface area contributed by atoms with Gasteiger partial charge in [-0.15, -0.1) is 0 Å². The lowest BCUT2D eigenvalue weighted by Crippen LogP contribution is -2.36. The summed E-state index contributed by atoms with van der Waals surface area (Å²) in [5, 5.41) is 5.70. The normalized spacial score (nSPS) is 15.8. The smallest absolute Gasteiger partial charge is 0.0245 e. The Hall–Kier alpha value is -1.86. The molecule has 1 aliphatic rings. The molecule has 1 heterocycles. The molecule has 1 nitrogen and oxygen atoms in total. The topological polar surface area (TPSA) is 3.24 Å². The molecule has 0 atom stereocenters. The summed E-state index contributed by atoms with van der Waals surface area (Å²) in [7, 11) is 0. The Labute approximate surface area is 126 Å². The van der Waals surface area contributed by atoms with E-state index in [4.69, 9.17) is 0 Å². The van der Waals surface area contributed by atoms with Crippen LogP contribution < -0.4 is 0 Å². The van der Waals surface area contributed by atoms with E-state index in [1.54, 1.807) is 11.1 Å². The molecule has 0 amide bonds. The second-order valence-electron chi connectivity index (χ2n) is 6.36. The highest BCUT2D eigenvalue weighted by Gasteiger charge is 2.22. The van der Waals surface area contributed by atoms with Crippen molar-refractivity contribution >= 4 is 21.5 Å². The van der Waals surface area contributed by atoms with Crippen LogP contribution >= 0.6 is 0 Å². The van der Waals surface area contributed by atoms with Gasteiger partial charge in [0.15, 0.2) is 0 Å². The first-order chi connectivity index (χ1) is 10.3. The maximum Gasteiger partial charge on any atom is 0.0245 e. The molecule has 0 bridgehead atoms. The summed E-state index contributed by atoms with van der Waals surface area (Å²) in [6, 6.07) is 18.4. The minimum absolute atomic E-state index is 0.614. The van der Waals surface area contributed by atoms with Crippen molar-refractivity contribution < 1.29 is 0 Å². The predicted octanol–water partition coefficient (Wildman–Crippen LogP) is 4.76. The first-order valence-electron chi connectivity index (χ1n) is 7.91. The van der Waals surface area contributed by atoms with Gasteiger partial charge in [-0.2, -0.15) is 0 Å². The van der Waals surface area contributed by atoms with Crippen molar-refractivity contribution in [2.45, 2.75) is 32.9 Å². The Kier molecular flexibility index (Phi) is 2.97. The summed E-state index contributed by atoms with van der Waals surface area (Å²) in [6.45, 7) is 6.85. The van der Waals surface area contributed by atoms with E-state index >= 15 is 0 Å². The van der Waals surface area contributed by atoms with Crippen molar-refractivity contribution in [3.05, 3.63) is 59.7 Å². The number of fused-ring (bicyclic) bond motifs is 6. The summed E-state index contributed by atoms with van der Waals surface area (Å²) in [4.78, 5) is 2.59. The summed E-state index contributed by atoms with van der Waals surface area (Å²) in [6.07, 6.45) is 1.17. The van der Waals surface area contributed by atoms with Crippen molar-refractivity contribution in [2.24, 2.45) is 0 Å². The Morgan fingerprint density at radius 3 is 1.86 bits per heavy atom. The van der Waals surface area contributed by atoms with Gasteiger partial charge in [0.05, 0.1) is 0 Å². The third-order valence-corrected chi connectivity index (χ3v) is 4.90. The SMILES string of the molecule is CC(C)N1CCc2c(c3ccccc3c3ccccc23)C1. The minimum Gasteiger partial charge on any atom is -0.296 e. The zero-order valence-electron chi connectivity index (χ0n) is 12.8. The monoisotopic (exact) mass is 275 g/mol. The highest BCUT2D eigenvalue weighted by molar-refractivity contribution is 6.10. The molecule has 1 heteroatoms. The Bertz CT molecular complexity index is 817. The lowest BCUT2D eigenvalue weighted by Gasteiger charge is -2.33. The van der Waals surface area contributed by atoms with Gasteiger partial charge in [0.1, 0.15) is 0 Å². The van der Waals surface area contributed by atoms with E-state index < -0.39 is 0 Å². The molecule has 0 unspecified atom stereocenters. The van der Waals surface area contributed by atoms with Crippen LogP contribution in [0.25, 0.3) is 21.5 Å². The molecule has 21 heavy (non-hydrogen) atoms. The van der Waals surface area contributed by atoms with Crippen LogP contribution in [0.15, 0.2) is 48.5 Å². The van der Waals surface area contributed by atoms with E-state index in [2.05, 4.69) is 67.3 Å². The standard InChI is InChI=1S/C20H21N/c1-14(2)21-12-11-19-17-9-4-3-7-15(17)16-8-5-6-10-18(16)20(19)13-21/h3-10,14H,11-13H2,1-2H3. The quantitative estimate of drug-likeness (QED) is 0.579. The summed E-state index contributed by atoms with van der Waals surface area (Å²) >= 11 is 0. The van der Waals surface area contributed by atoms with Gasteiger partial charge in [0, 0.05) is 19.1 Å². The molecule has 0 saturated carbocycles. The fraction of sp³-hybridized carbons (Fsp3) is 0.300. The van der Waals surface area contributed by atoms with E-state index in [1.807, 2.05) is 0 Å². The zero-order valence-corrected chi connectivity index (χ0v) is 12.8. The number of hydrogen-bond donors (Lipinski definition) is 0. The molecular weight excluding hydrogens is 254 g/mol. The van der Waals surface area contributed by atoms with Crippen molar-refractivity contribution in [2.75, 3.05) is 6.54 Å². The maximum atomic E-state index is 2.59. The minimum atomic E-state index is 0.614. The second kappa shape index (κ2) is 4.85. The van der Waals surface area contributed by atoms with Gasteiger partial charge >= 0.3 is 0 Å². The van der Waals surface area contributed by atoms with Crippen LogP contribution in [-0.2, 0) is 13.0 Å². The largest absolute Gasteiger partial charge is 0.296 e. The van der Waals surface area contributed by atoms with Gasteiger partial charge in [-0.25, -0.2) is 0 Å². The molecule has 1 aliphatic heterocycles. The van der Waals surface area contributed by atoms with Crippen LogP contribution in [0, 0.1) is 0 Å². The molecule has 0 N–H and O–H groups in total. The Balaban J connectivity index is 2.07. The molecular formula is C20H21N. The maximum absolute atomic E-state index is 2.59. The molecule has 0 aromatic heterocycles. The number of hydrogen-bond acceptors (Lipinski definition) is 1. The average molecular weight is 275 g/mol. The van der Waals surface area contributed by atoms with Gasteiger partial charge < -0.3 is 0 Å². The van der Waals surface area contributed by atoms with E-state index in [0.29, 0.717) is 6.04 Å². The Morgan fingerprint density at radius 1 is 0.762 bits per heavy atom. The Morgan fingerprint density at radius 2 is 1.29 bits per heavy atom. The summed E-state index contributed by atoms with van der Waals surface area (Å²) < 4.78 is 0. The van der Waals surface area contributed by atoms with Gasteiger partial charge in [-0.1, -0.05) is 48.5 Å².